The molecule has 0 saturated carbocycles. The van der Waals surface area contributed by atoms with E-state index >= 15 is 0 Å². The fourth-order valence-corrected chi connectivity index (χ4v) is 2.64. The third-order valence-electron chi connectivity index (χ3n) is 3.95. The molecular weight excluding hydrogens is 380 g/mol. The molecule has 0 fully saturated rings. The molecule has 2 rings (SSSR count). The van der Waals surface area contributed by atoms with E-state index in [2.05, 4.69) is 10.6 Å². The summed E-state index contributed by atoms with van der Waals surface area (Å²) < 4.78 is 10.5. The quantitative estimate of drug-likeness (QED) is 0.624. The Kier molecular flexibility index (Phi) is 8.94. The zero-order valence-electron chi connectivity index (χ0n) is 17.8. The topological polar surface area (TPSA) is 76.7 Å². The maximum absolute atomic E-state index is 12.2. The molecule has 1 atom stereocenters. The van der Waals surface area contributed by atoms with Crippen LogP contribution in [-0.4, -0.2) is 30.4 Å². The molecule has 0 unspecified atom stereocenters. The van der Waals surface area contributed by atoms with Crippen LogP contribution < -0.4 is 10.6 Å². The lowest BCUT2D eigenvalue weighted by Crippen LogP contribution is -2.39. The average Bonchev–Trinajstić information content (AvgIpc) is 2.69. The summed E-state index contributed by atoms with van der Waals surface area (Å²) in [6.45, 7) is 5.96. The van der Waals surface area contributed by atoms with Crippen LogP contribution in [0, 0.1) is 0 Å². The Labute approximate surface area is 178 Å². The Morgan fingerprint density at radius 1 is 0.933 bits per heavy atom. The second-order valence-corrected chi connectivity index (χ2v) is 7.81. The first-order chi connectivity index (χ1) is 14.3. The van der Waals surface area contributed by atoms with Crippen LogP contribution in [0.25, 0.3) is 0 Å². The van der Waals surface area contributed by atoms with Crippen LogP contribution in [0.2, 0.25) is 0 Å². The smallest absolute Gasteiger partial charge is 0.408 e. The molecule has 0 aliphatic rings. The molecule has 6 heteroatoms. The van der Waals surface area contributed by atoms with E-state index in [0.29, 0.717) is 6.42 Å². The van der Waals surface area contributed by atoms with Crippen molar-refractivity contribution in [3.8, 4) is 0 Å². The van der Waals surface area contributed by atoms with Gasteiger partial charge in [-0.25, -0.2) is 9.59 Å². The minimum Gasteiger partial charge on any atom is -0.445 e. The first-order valence-electron chi connectivity index (χ1n) is 9.96. The molecule has 0 aliphatic heterocycles. The minimum atomic E-state index is -0.574. The van der Waals surface area contributed by atoms with Gasteiger partial charge in [0.05, 0.1) is 6.04 Å². The van der Waals surface area contributed by atoms with E-state index in [4.69, 9.17) is 9.47 Å². The molecule has 0 radical (unpaired) electrons. The summed E-state index contributed by atoms with van der Waals surface area (Å²) in [4.78, 5) is 24.0. The van der Waals surface area contributed by atoms with Gasteiger partial charge in [0.25, 0.3) is 0 Å². The summed E-state index contributed by atoms with van der Waals surface area (Å²) in [5.74, 6) is 0. The number of carbonyl (C=O) groups is 2. The Balaban J connectivity index is 1.84. The van der Waals surface area contributed by atoms with Crippen LogP contribution in [0.15, 0.2) is 72.8 Å². The van der Waals surface area contributed by atoms with Gasteiger partial charge in [-0.3, -0.25) is 0 Å². The van der Waals surface area contributed by atoms with Gasteiger partial charge in [-0.15, -0.1) is 0 Å². The highest BCUT2D eigenvalue weighted by Crippen LogP contribution is 2.09. The predicted octanol–water partition coefficient (Wildman–Crippen LogP) is 4.61. The molecule has 6 nitrogen and oxygen atoms in total. The Morgan fingerprint density at radius 2 is 1.53 bits per heavy atom. The molecule has 30 heavy (non-hydrogen) atoms. The monoisotopic (exact) mass is 410 g/mol. The van der Waals surface area contributed by atoms with Crippen LogP contribution in [0.5, 0.6) is 0 Å². The Bertz CT molecular complexity index is 814. The number of ether oxygens (including phenoxy) is 2. The third-order valence-corrected chi connectivity index (χ3v) is 3.95. The lowest BCUT2D eigenvalue weighted by molar-refractivity contribution is 0.0514. The number of nitrogens with one attached hydrogen (secondary N) is 2. The van der Waals surface area contributed by atoms with E-state index in [1.165, 1.54) is 0 Å². The highest BCUT2D eigenvalue weighted by molar-refractivity contribution is 5.68. The molecule has 2 N–H and O–H groups in total. The van der Waals surface area contributed by atoms with Crippen molar-refractivity contribution in [2.75, 3.05) is 6.54 Å². The van der Waals surface area contributed by atoms with Crippen molar-refractivity contribution in [2.45, 2.75) is 45.4 Å². The number of carbonyl (C=O) groups excluding carboxylic acids is 2. The van der Waals surface area contributed by atoms with Gasteiger partial charge in [-0.05, 0) is 38.3 Å². The number of hydrogen-bond acceptors (Lipinski definition) is 4. The van der Waals surface area contributed by atoms with Gasteiger partial charge in [0, 0.05) is 6.54 Å². The third kappa shape index (κ3) is 9.78. The minimum absolute atomic E-state index is 0.215. The van der Waals surface area contributed by atoms with Gasteiger partial charge in [-0.2, -0.15) is 0 Å². The van der Waals surface area contributed by atoms with Crippen molar-refractivity contribution in [3.63, 3.8) is 0 Å². The first kappa shape index (κ1) is 23.0. The maximum Gasteiger partial charge on any atom is 0.408 e. The van der Waals surface area contributed by atoms with Gasteiger partial charge in [0.2, 0.25) is 0 Å². The standard InChI is InChI=1S/C24H30N2O4/c1-24(2,3)30-23(28)26-21(17-19-11-6-4-7-12-19)15-10-16-25-22(27)29-18-20-13-8-5-9-14-20/h4-15,21H,16-18H2,1-3H3,(H,25,27)(H,26,28)/b15-10+/t21-/m1/s1. The summed E-state index contributed by atoms with van der Waals surface area (Å²) in [6.07, 6.45) is 3.25. The van der Waals surface area contributed by atoms with Crippen LogP contribution >= 0.6 is 0 Å². The molecule has 0 spiro atoms. The van der Waals surface area contributed by atoms with E-state index in [1.807, 2.05) is 87.5 Å². The average molecular weight is 411 g/mol. The number of rotatable bonds is 8. The molecule has 0 aromatic heterocycles. The van der Waals surface area contributed by atoms with Crippen LogP contribution in [-0.2, 0) is 22.5 Å². The van der Waals surface area contributed by atoms with Gasteiger partial charge >= 0.3 is 12.2 Å². The van der Waals surface area contributed by atoms with Crippen LogP contribution in [0.3, 0.4) is 0 Å². The molecule has 160 valence electrons. The molecular formula is C24H30N2O4. The fourth-order valence-electron chi connectivity index (χ4n) is 2.64. The predicted molar refractivity (Wildman–Crippen MR) is 117 cm³/mol. The lowest BCUT2D eigenvalue weighted by Gasteiger charge is -2.22. The van der Waals surface area contributed by atoms with Gasteiger partial charge in [-0.1, -0.05) is 72.8 Å². The van der Waals surface area contributed by atoms with E-state index in [1.54, 1.807) is 6.08 Å². The number of amides is 2. The van der Waals surface area contributed by atoms with E-state index in [9.17, 15) is 9.59 Å². The normalized spacial score (nSPS) is 12.2. The highest BCUT2D eigenvalue weighted by atomic mass is 16.6. The number of hydrogen-bond donors (Lipinski definition) is 2. The lowest BCUT2D eigenvalue weighted by atomic mass is 10.1. The van der Waals surface area contributed by atoms with Crippen LogP contribution in [0.4, 0.5) is 9.59 Å². The molecule has 2 aromatic carbocycles. The first-order valence-corrected chi connectivity index (χ1v) is 9.96. The summed E-state index contributed by atoms with van der Waals surface area (Å²) in [6, 6.07) is 19.0. The van der Waals surface area contributed by atoms with Crippen molar-refractivity contribution in [1.82, 2.24) is 10.6 Å². The van der Waals surface area contributed by atoms with Crippen molar-refractivity contribution in [2.24, 2.45) is 0 Å². The summed E-state index contributed by atoms with van der Waals surface area (Å²) in [5.41, 5.74) is 1.43. The molecule has 0 aliphatic carbocycles. The van der Waals surface area contributed by atoms with Crippen molar-refractivity contribution < 1.29 is 19.1 Å². The second kappa shape index (κ2) is 11.7. The largest absolute Gasteiger partial charge is 0.445 e. The number of benzene rings is 2. The summed E-state index contributed by atoms with van der Waals surface area (Å²) in [5, 5.41) is 5.54. The van der Waals surface area contributed by atoms with E-state index in [-0.39, 0.29) is 19.2 Å². The molecule has 2 amide bonds. The van der Waals surface area contributed by atoms with Gasteiger partial charge in [0.15, 0.2) is 0 Å². The number of alkyl carbamates (subject to hydrolysis) is 2. The van der Waals surface area contributed by atoms with Gasteiger partial charge < -0.3 is 20.1 Å². The van der Waals surface area contributed by atoms with Gasteiger partial charge in [0.1, 0.15) is 12.2 Å². The van der Waals surface area contributed by atoms with Crippen molar-refractivity contribution >= 4 is 12.2 Å². The SMILES string of the molecule is CC(C)(C)OC(=O)N[C@H](/C=C/CNC(=O)OCc1ccccc1)Cc1ccccc1. The van der Waals surface area contributed by atoms with Crippen LogP contribution in [0.1, 0.15) is 31.9 Å². The van der Waals surface area contributed by atoms with E-state index in [0.717, 1.165) is 11.1 Å². The summed E-state index contributed by atoms with van der Waals surface area (Å²) >= 11 is 0. The van der Waals surface area contributed by atoms with Crippen molar-refractivity contribution in [3.05, 3.63) is 83.9 Å². The molecule has 0 heterocycles. The second-order valence-electron chi connectivity index (χ2n) is 7.81. The highest BCUT2D eigenvalue weighted by Gasteiger charge is 2.18. The van der Waals surface area contributed by atoms with Crippen molar-refractivity contribution in [1.29, 1.82) is 0 Å². The zero-order valence-corrected chi connectivity index (χ0v) is 17.8. The Morgan fingerprint density at radius 3 is 2.13 bits per heavy atom. The fraction of sp³-hybridized carbons (Fsp3) is 0.333. The molecule has 2 aromatic rings. The van der Waals surface area contributed by atoms with E-state index < -0.39 is 17.8 Å². The summed E-state index contributed by atoms with van der Waals surface area (Å²) in [7, 11) is 0. The molecule has 0 saturated heterocycles. The zero-order chi connectivity index (χ0) is 21.8. The molecule has 0 bridgehead atoms. The maximum atomic E-state index is 12.2. The Hall–Kier alpha value is -3.28.